The van der Waals surface area contributed by atoms with E-state index in [4.69, 9.17) is 21.0 Å². The van der Waals surface area contributed by atoms with Crippen LogP contribution in [0.4, 0.5) is 0 Å². The van der Waals surface area contributed by atoms with Gasteiger partial charge >= 0.3 is 7.12 Å². The molecule has 0 saturated carbocycles. The molecule has 13 heavy (non-hydrogen) atoms. The average Bonchev–Trinajstić information content (AvgIpc) is 2.46. The molecule has 1 N–H and O–H groups in total. The van der Waals surface area contributed by atoms with Gasteiger partial charge in [0.05, 0.1) is 13.7 Å². The zero-order valence-electron chi connectivity index (χ0n) is 7.08. The number of ether oxygens (including phenoxy) is 1. The summed E-state index contributed by atoms with van der Waals surface area (Å²) in [7, 11) is 0.652. The minimum atomic E-state index is -0.887. The molecular weight excluding hydrogens is 190 g/mol. The molecule has 0 atom stereocenters. The number of hydrogen-bond donors (Lipinski definition) is 1. The van der Waals surface area contributed by atoms with E-state index in [1.165, 1.54) is 7.11 Å². The van der Waals surface area contributed by atoms with Gasteiger partial charge in [-0.15, -0.1) is 0 Å². The smallest absolute Gasteiger partial charge is 0.495 e. The first-order valence-corrected chi connectivity index (χ1v) is 4.26. The molecule has 1 aliphatic heterocycles. The lowest BCUT2D eigenvalue weighted by Gasteiger charge is -2.06. The summed E-state index contributed by atoms with van der Waals surface area (Å²) in [6.45, 7) is 0.382. The Morgan fingerprint density at radius 1 is 1.62 bits per heavy atom. The summed E-state index contributed by atoms with van der Waals surface area (Å²) in [4.78, 5) is 0. The molecule has 1 heterocycles. The van der Waals surface area contributed by atoms with Crippen molar-refractivity contribution in [3.05, 3.63) is 22.7 Å². The van der Waals surface area contributed by atoms with Crippen molar-refractivity contribution >= 4 is 24.2 Å². The quantitative estimate of drug-likeness (QED) is 0.671. The minimum Gasteiger partial charge on any atom is -0.497 e. The molecule has 2 rings (SSSR count). The highest BCUT2D eigenvalue weighted by Gasteiger charge is 2.31. The Kier molecular flexibility index (Phi) is 2.19. The van der Waals surface area contributed by atoms with E-state index < -0.39 is 7.12 Å². The fourth-order valence-corrected chi connectivity index (χ4v) is 1.70. The number of hydrogen-bond acceptors (Lipinski definition) is 3. The first-order chi connectivity index (χ1) is 6.22. The molecule has 0 aliphatic carbocycles. The van der Waals surface area contributed by atoms with E-state index in [0.717, 1.165) is 5.56 Å². The van der Waals surface area contributed by atoms with Crippen molar-refractivity contribution < 1.29 is 14.4 Å². The van der Waals surface area contributed by atoms with Crippen LogP contribution in [0, 0.1) is 0 Å². The molecule has 0 bridgehead atoms. The summed E-state index contributed by atoms with van der Waals surface area (Å²) >= 11 is 5.84. The van der Waals surface area contributed by atoms with Crippen LogP contribution in [0.1, 0.15) is 5.56 Å². The fraction of sp³-hybridized carbons (Fsp3) is 0.250. The number of methoxy groups -OCH3 is 1. The zero-order valence-corrected chi connectivity index (χ0v) is 7.84. The van der Waals surface area contributed by atoms with Gasteiger partial charge in [0, 0.05) is 10.5 Å². The van der Waals surface area contributed by atoms with Gasteiger partial charge in [-0.05, 0) is 17.7 Å². The van der Waals surface area contributed by atoms with Crippen LogP contribution < -0.4 is 10.2 Å². The van der Waals surface area contributed by atoms with Crippen LogP contribution in [-0.4, -0.2) is 19.3 Å². The summed E-state index contributed by atoms with van der Waals surface area (Å²) in [6, 6.07) is 3.44. The summed E-state index contributed by atoms with van der Waals surface area (Å²) < 4.78 is 10.1. The largest absolute Gasteiger partial charge is 0.497 e. The van der Waals surface area contributed by atoms with Gasteiger partial charge in [-0.25, -0.2) is 0 Å². The minimum absolute atomic E-state index is 0.382. The van der Waals surface area contributed by atoms with Crippen molar-refractivity contribution in [3.63, 3.8) is 0 Å². The Labute approximate surface area is 81.4 Å². The molecule has 0 aromatic heterocycles. The van der Waals surface area contributed by atoms with Crippen LogP contribution in [0.25, 0.3) is 0 Å². The standard InChI is InChI=1S/C8H8BClO3/c1-12-7-3-6(10)2-5-4-13-9(11)8(5)7/h2-3,11H,4H2,1H3. The Bertz CT molecular complexity index is 342. The average molecular weight is 198 g/mol. The predicted octanol–water partition coefficient (Wildman–Crippen LogP) is 0.566. The van der Waals surface area contributed by atoms with E-state index in [0.29, 0.717) is 22.8 Å². The van der Waals surface area contributed by atoms with Gasteiger partial charge < -0.3 is 14.4 Å². The molecule has 1 aliphatic rings. The number of rotatable bonds is 1. The molecule has 0 fully saturated rings. The molecule has 0 amide bonds. The van der Waals surface area contributed by atoms with Crippen LogP contribution in [0.15, 0.2) is 12.1 Å². The molecule has 68 valence electrons. The third-order valence-corrected chi connectivity index (χ3v) is 2.27. The Hall–Kier alpha value is -0.705. The first-order valence-electron chi connectivity index (χ1n) is 3.88. The highest BCUT2D eigenvalue weighted by Crippen LogP contribution is 2.23. The molecular formula is C8H8BClO3. The second-order valence-corrected chi connectivity index (χ2v) is 3.28. The summed E-state index contributed by atoms with van der Waals surface area (Å²) in [6.07, 6.45) is 0. The van der Waals surface area contributed by atoms with E-state index in [2.05, 4.69) is 0 Å². The van der Waals surface area contributed by atoms with Gasteiger partial charge in [0.2, 0.25) is 0 Å². The van der Waals surface area contributed by atoms with Gasteiger partial charge in [-0.1, -0.05) is 11.6 Å². The maximum absolute atomic E-state index is 9.44. The fourth-order valence-electron chi connectivity index (χ4n) is 1.47. The molecule has 1 aromatic rings. The Morgan fingerprint density at radius 3 is 3.08 bits per heavy atom. The molecule has 5 heteroatoms. The first kappa shape index (κ1) is 8.87. The van der Waals surface area contributed by atoms with Crippen molar-refractivity contribution in [3.8, 4) is 5.75 Å². The van der Waals surface area contributed by atoms with Gasteiger partial charge in [0.25, 0.3) is 0 Å². The normalized spacial score (nSPS) is 14.5. The van der Waals surface area contributed by atoms with E-state index in [-0.39, 0.29) is 0 Å². The lowest BCUT2D eigenvalue weighted by atomic mass is 9.79. The highest BCUT2D eigenvalue weighted by atomic mass is 35.5. The van der Waals surface area contributed by atoms with Gasteiger partial charge in [-0.2, -0.15) is 0 Å². The van der Waals surface area contributed by atoms with E-state index in [9.17, 15) is 5.02 Å². The van der Waals surface area contributed by atoms with Crippen molar-refractivity contribution in [1.82, 2.24) is 0 Å². The van der Waals surface area contributed by atoms with Crippen molar-refractivity contribution in [1.29, 1.82) is 0 Å². The number of benzene rings is 1. The van der Waals surface area contributed by atoms with Gasteiger partial charge in [-0.3, -0.25) is 0 Å². The van der Waals surface area contributed by atoms with Crippen LogP contribution in [0.2, 0.25) is 5.02 Å². The molecule has 0 unspecified atom stereocenters. The second kappa shape index (κ2) is 3.22. The summed E-state index contributed by atoms with van der Waals surface area (Å²) in [5.41, 5.74) is 1.57. The van der Waals surface area contributed by atoms with E-state index >= 15 is 0 Å². The number of halogens is 1. The van der Waals surface area contributed by atoms with Crippen molar-refractivity contribution in [2.24, 2.45) is 0 Å². The maximum Gasteiger partial charge on any atom is 0.495 e. The molecule has 1 aromatic carbocycles. The van der Waals surface area contributed by atoms with Gasteiger partial charge in [0.15, 0.2) is 0 Å². The highest BCUT2D eigenvalue weighted by molar-refractivity contribution is 6.62. The van der Waals surface area contributed by atoms with Gasteiger partial charge in [0.1, 0.15) is 5.75 Å². The molecule has 0 radical (unpaired) electrons. The monoisotopic (exact) mass is 198 g/mol. The maximum atomic E-state index is 9.44. The zero-order chi connectivity index (χ0) is 9.42. The molecule has 0 saturated heterocycles. The van der Waals surface area contributed by atoms with Crippen molar-refractivity contribution in [2.45, 2.75) is 6.61 Å². The van der Waals surface area contributed by atoms with Crippen LogP contribution in [-0.2, 0) is 11.3 Å². The molecule has 0 spiro atoms. The summed E-state index contributed by atoms with van der Waals surface area (Å²) in [5.74, 6) is 0.576. The third-order valence-electron chi connectivity index (χ3n) is 2.06. The molecule has 3 nitrogen and oxygen atoms in total. The Balaban J connectivity index is 2.57. The van der Waals surface area contributed by atoms with Crippen molar-refractivity contribution in [2.75, 3.05) is 7.11 Å². The van der Waals surface area contributed by atoms with Crippen LogP contribution in [0.5, 0.6) is 5.75 Å². The number of fused-ring (bicyclic) bond motifs is 1. The topological polar surface area (TPSA) is 38.7 Å². The van der Waals surface area contributed by atoms with Crippen LogP contribution >= 0.6 is 11.6 Å². The summed E-state index contributed by atoms with van der Waals surface area (Å²) in [5, 5.41) is 10.0. The van der Waals surface area contributed by atoms with E-state index in [1.807, 2.05) is 0 Å². The van der Waals surface area contributed by atoms with Crippen LogP contribution in [0.3, 0.4) is 0 Å². The SMILES string of the molecule is COc1cc(Cl)cc2c1B(O)OC2. The second-order valence-electron chi connectivity index (χ2n) is 2.84. The van der Waals surface area contributed by atoms with E-state index in [1.54, 1.807) is 12.1 Å². The third kappa shape index (κ3) is 1.41. The lowest BCUT2D eigenvalue weighted by Crippen LogP contribution is -2.29. The lowest BCUT2D eigenvalue weighted by molar-refractivity contribution is 0.275. The predicted molar refractivity (Wildman–Crippen MR) is 50.4 cm³/mol. The Morgan fingerprint density at radius 2 is 2.38 bits per heavy atom.